The number of piperidine rings is 1. The molecular weight excluding hydrogens is 420 g/mol. The van der Waals surface area contributed by atoms with E-state index in [4.69, 9.17) is 16.0 Å². The fourth-order valence-electron chi connectivity index (χ4n) is 3.47. The number of hydrogen-bond donors (Lipinski definition) is 1. The Kier molecular flexibility index (Phi) is 6.92. The average molecular weight is 443 g/mol. The van der Waals surface area contributed by atoms with Crippen molar-refractivity contribution in [3.05, 3.63) is 65.0 Å². The third-order valence-corrected chi connectivity index (χ3v) is 5.96. The maximum atomic E-state index is 12.5. The Bertz CT molecular complexity index is 990. The van der Waals surface area contributed by atoms with Gasteiger partial charge in [0.05, 0.1) is 23.5 Å². The number of thioether (sulfide) groups is 1. The molecule has 1 aromatic heterocycles. The number of nitrogens with one attached hydrogen (secondary N) is 1. The van der Waals surface area contributed by atoms with Crippen molar-refractivity contribution in [1.29, 1.82) is 0 Å². The minimum atomic E-state index is -0.136. The van der Waals surface area contributed by atoms with Crippen LogP contribution in [0.15, 0.2) is 58.2 Å². The zero-order valence-corrected chi connectivity index (χ0v) is 18.1. The lowest BCUT2D eigenvalue weighted by Gasteiger charge is -2.30. The number of anilines is 2. The first kappa shape index (κ1) is 20.8. The lowest BCUT2D eigenvalue weighted by molar-refractivity contribution is -0.113. The maximum absolute atomic E-state index is 12.5. The van der Waals surface area contributed by atoms with E-state index in [1.54, 1.807) is 6.07 Å². The molecule has 8 heteroatoms. The molecular formula is C22H23ClN4O2S. The first-order chi connectivity index (χ1) is 14.7. The number of carbonyl (C=O) groups excluding carboxylic acids is 1. The van der Waals surface area contributed by atoms with Crippen LogP contribution in [0, 0.1) is 0 Å². The summed E-state index contributed by atoms with van der Waals surface area (Å²) in [5, 5.41) is 12.1. The molecule has 1 aliphatic rings. The summed E-state index contributed by atoms with van der Waals surface area (Å²) < 4.78 is 5.66. The summed E-state index contributed by atoms with van der Waals surface area (Å²) >= 11 is 7.40. The molecule has 1 fully saturated rings. The SMILES string of the molecule is O=C(CSc1nnc(Cc2ccccc2)o1)Nc1cc(Cl)ccc1N1CCCCC1. The number of benzene rings is 2. The van der Waals surface area contributed by atoms with E-state index in [0.29, 0.717) is 22.6 Å². The molecule has 2 aromatic carbocycles. The van der Waals surface area contributed by atoms with Crippen molar-refractivity contribution < 1.29 is 9.21 Å². The molecule has 1 N–H and O–H groups in total. The minimum Gasteiger partial charge on any atom is -0.416 e. The van der Waals surface area contributed by atoms with Crippen LogP contribution in [0.3, 0.4) is 0 Å². The van der Waals surface area contributed by atoms with Crippen molar-refractivity contribution >= 4 is 40.6 Å². The third-order valence-electron chi connectivity index (χ3n) is 4.90. The van der Waals surface area contributed by atoms with Gasteiger partial charge in [0.1, 0.15) is 0 Å². The fourth-order valence-corrected chi connectivity index (χ4v) is 4.22. The molecule has 1 saturated heterocycles. The number of carbonyl (C=O) groups is 1. The number of nitrogens with zero attached hydrogens (tertiary/aromatic N) is 3. The molecule has 0 unspecified atom stereocenters. The summed E-state index contributed by atoms with van der Waals surface area (Å²) in [5.74, 6) is 0.577. The van der Waals surface area contributed by atoms with Crippen LogP contribution in [0.5, 0.6) is 0 Å². The summed E-state index contributed by atoms with van der Waals surface area (Å²) in [6.45, 7) is 1.98. The van der Waals surface area contributed by atoms with Gasteiger partial charge in [-0.25, -0.2) is 0 Å². The van der Waals surface area contributed by atoms with Crippen LogP contribution in [-0.4, -0.2) is 34.9 Å². The maximum Gasteiger partial charge on any atom is 0.277 e. The molecule has 0 bridgehead atoms. The Hall–Kier alpha value is -2.51. The first-order valence-electron chi connectivity index (χ1n) is 10.0. The molecule has 0 aliphatic carbocycles. The van der Waals surface area contributed by atoms with Crippen molar-refractivity contribution in [2.45, 2.75) is 30.9 Å². The Morgan fingerprint density at radius 2 is 1.90 bits per heavy atom. The van der Waals surface area contributed by atoms with E-state index in [9.17, 15) is 4.79 Å². The van der Waals surface area contributed by atoms with E-state index in [1.807, 2.05) is 42.5 Å². The second-order valence-electron chi connectivity index (χ2n) is 7.17. The van der Waals surface area contributed by atoms with E-state index >= 15 is 0 Å². The standard InChI is InChI=1S/C22H23ClN4O2S/c23-17-9-10-19(27-11-5-2-6-12-27)18(14-17)24-20(28)15-30-22-26-25-21(29-22)13-16-7-3-1-4-8-16/h1,3-4,7-10,14H,2,5-6,11-13,15H2,(H,24,28). The molecule has 1 aliphatic heterocycles. The van der Waals surface area contributed by atoms with E-state index < -0.39 is 0 Å². The van der Waals surface area contributed by atoms with E-state index in [0.717, 1.165) is 42.9 Å². The van der Waals surface area contributed by atoms with Gasteiger partial charge in [-0.1, -0.05) is 53.7 Å². The predicted molar refractivity (Wildman–Crippen MR) is 120 cm³/mol. The summed E-state index contributed by atoms with van der Waals surface area (Å²) in [5.41, 5.74) is 2.85. The molecule has 0 saturated carbocycles. The summed E-state index contributed by atoms with van der Waals surface area (Å²) in [4.78, 5) is 14.8. The second kappa shape index (κ2) is 10.00. The van der Waals surface area contributed by atoms with Gasteiger partial charge in [0.15, 0.2) is 0 Å². The van der Waals surface area contributed by atoms with Crippen LogP contribution in [0.25, 0.3) is 0 Å². The van der Waals surface area contributed by atoms with E-state index in [1.165, 1.54) is 18.2 Å². The van der Waals surface area contributed by atoms with E-state index in [2.05, 4.69) is 20.4 Å². The van der Waals surface area contributed by atoms with Crippen LogP contribution in [-0.2, 0) is 11.2 Å². The zero-order valence-electron chi connectivity index (χ0n) is 16.5. The molecule has 0 radical (unpaired) electrons. The van der Waals surface area contributed by atoms with Gasteiger partial charge in [0.2, 0.25) is 11.8 Å². The van der Waals surface area contributed by atoms with Gasteiger partial charge in [-0.2, -0.15) is 0 Å². The second-order valence-corrected chi connectivity index (χ2v) is 8.53. The highest BCUT2D eigenvalue weighted by Crippen LogP contribution is 2.31. The van der Waals surface area contributed by atoms with Gasteiger partial charge in [0.25, 0.3) is 5.22 Å². The van der Waals surface area contributed by atoms with Crippen LogP contribution in [0.1, 0.15) is 30.7 Å². The molecule has 6 nitrogen and oxygen atoms in total. The van der Waals surface area contributed by atoms with Crippen LogP contribution >= 0.6 is 23.4 Å². The van der Waals surface area contributed by atoms with Crippen molar-refractivity contribution in [3.63, 3.8) is 0 Å². The van der Waals surface area contributed by atoms with Crippen LogP contribution < -0.4 is 10.2 Å². The highest BCUT2D eigenvalue weighted by atomic mass is 35.5. The highest BCUT2D eigenvalue weighted by Gasteiger charge is 2.17. The number of hydrogen-bond acceptors (Lipinski definition) is 6. The Morgan fingerprint density at radius 3 is 2.70 bits per heavy atom. The molecule has 0 atom stereocenters. The minimum absolute atomic E-state index is 0.136. The van der Waals surface area contributed by atoms with Crippen LogP contribution in [0.4, 0.5) is 11.4 Å². The predicted octanol–water partition coefficient (Wildman–Crippen LogP) is 5.03. The van der Waals surface area contributed by atoms with Crippen LogP contribution in [0.2, 0.25) is 5.02 Å². The summed E-state index contributed by atoms with van der Waals surface area (Å²) in [6, 6.07) is 15.6. The summed E-state index contributed by atoms with van der Waals surface area (Å²) in [7, 11) is 0. The molecule has 30 heavy (non-hydrogen) atoms. The lowest BCUT2D eigenvalue weighted by atomic mass is 10.1. The van der Waals surface area contributed by atoms with Gasteiger partial charge < -0.3 is 14.6 Å². The number of aromatic nitrogens is 2. The van der Waals surface area contributed by atoms with Crippen molar-refractivity contribution in [3.8, 4) is 0 Å². The average Bonchev–Trinajstić information content (AvgIpc) is 3.21. The zero-order chi connectivity index (χ0) is 20.8. The van der Waals surface area contributed by atoms with Crippen molar-refractivity contribution in [2.75, 3.05) is 29.1 Å². The smallest absolute Gasteiger partial charge is 0.277 e. The van der Waals surface area contributed by atoms with Gasteiger partial charge in [-0.05, 0) is 43.0 Å². The molecule has 1 amide bonds. The molecule has 156 valence electrons. The number of amides is 1. The first-order valence-corrected chi connectivity index (χ1v) is 11.4. The van der Waals surface area contributed by atoms with Crippen molar-refractivity contribution in [2.24, 2.45) is 0 Å². The monoisotopic (exact) mass is 442 g/mol. The number of rotatable bonds is 7. The number of halogens is 1. The van der Waals surface area contributed by atoms with Gasteiger partial charge in [-0.15, -0.1) is 10.2 Å². The quantitative estimate of drug-likeness (QED) is 0.517. The Morgan fingerprint density at radius 1 is 1.10 bits per heavy atom. The topological polar surface area (TPSA) is 71.3 Å². The molecule has 0 spiro atoms. The molecule has 2 heterocycles. The molecule has 4 rings (SSSR count). The largest absolute Gasteiger partial charge is 0.416 e. The lowest BCUT2D eigenvalue weighted by Crippen LogP contribution is -2.30. The van der Waals surface area contributed by atoms with Gasteiger partial charge in [-0.3, -0.25) is 4.79 Å². The Balaban J connectivity index is 1.35. The summed E-state index contributed by atoms with van der Waals surface area (Å²) in [6.07, 6.45) is 4.14. The Labute approximate surface area is 185 Å². The van der Waals surface area contributed by atoms with Gasteiger partial charge in [0, 0.05) is 18.1 Å². The van der Waals surface area contributed by atoms with E-state index in [-0.39, 0.29) is 11.7 Å². The highest BCUT2D eigenvalue weighted by molar-refractivity contribution is 7.99. The fraction of sp³-hybridized carbons (Fsp3) is 0.318. The molecule has 3 aromatic rings. The van der Waals surface area contributed by atoms with Crippen molar-refractivity contribution in [1.82, 2.24) is 10.2 Å². The van der Waals surface area contributed by atoms with Gasteiger partial charge >= 0.3 is 0 Å². The third kappa shape index (κ3) is 5.55. The normalized spacial score (nSPS) is 14.0.